The number of ether oxygens (including phenoxy) is 2. The smallest absolute Gasteiger partial charge is 0.317 e. The van der Waals surface area contributed by atoms with E-state index in [1.54, 1.807) is 0 Å². The molecule has 0 radical (unpaired) electrons. The first-order chi connectivity index (χ1) is 17.3. The number of carbonyl (C=O) groups is 2. The summed E-state index contributed by atoms with van der Waals surface area (Å²) in [6.45, 7) is 20.6. The fraction of sp³-hybridized carbons (Fsp3) is 0.576. The van der Waals surface area contributed by atoms with Crippen LogP contribution in [0.2, 0.25) is 0 Å². The van der Waals surface area contributed by atoms with Crippen LogP contribution in [0.15, 0.2) is 36.4 Å². The Morgan fingerprint density at radius 3 is 1.92 bits per heavy atom. The Kier molecular flexibility index (Phi) is 10.6. The molecule has 4 heteroatoms. The molecule has 2 aromatic carbocycles. The lowest BCUT2D eigenvalue weighted by Gasteiger charge is -2.30. The summed E-state index contributed by atoms with van der Waals surface area (Å²) in [5, 5.41) is 0. The van der Waals surface area contributed by atoms with Crippen LogP contribution < -0.4 is 4.74 Å². The predicted octanol–water partition coefficient (Wildman–Crippen LogP) is 8.74. The van der Waals surface area contributed by atoms with Gasteiger partial charge < -0.3 is 9.47 Å². The van der Waals surface area contributed by atoms with E-state index >= 15 is 0 Å². The van der Waals surface area contributed by atoms with Gasteiger partial charge in [0.2, 0.25) is 0 Å². The molecule has 0 aliphatic carbocycles. The van der Waals surface area contributed by atoms with Gasteiger partial charge in [-0.3, -0.25) is 9.59 Å². The summed E-state index contributed by atoms with van der Waals surface area (Å²) in [5.41, 5.74) is 5.18. The van der Waals surface area contributed by atoms with Gasteiger partial charge in [-0.2, -0.15) is 0 Å². The van der Waals surface area contributed by atoms with Crippen LogP contribution in [0.3, 0.4) is 0 Å². The quantitative estimate of drug-likeness (QED) is 0.212. The molecule has 0 aliphatic rings. The standard InChI is InChI=1S/C33H48O4/c1-11-24(7)36-30(34)25(12-2)21-33(10,14-4)31(35)37-29-18-16-27(20-23(29)6)26-15-17-28(22(5)19-26)32(8,9)13-3/h15-20,24-25H,11-14,21H2,1-10H3. The Morgan fingerprint density at radius 1 is 0.838 bits per heavy atom. The minimum atomic E-state index is -0.778. The Hall–Kier alpha value is -2.62. The molecule has 0 aliphatic heterocycles. The van der Waals surface area contributed by atoms with Crippen molar-refractivity contribution in [3.05, 3.63) is 53.1 Å². The first kappa shape index (κ1) is 30.6. The molecule has 0 spiro atoms. The summed E-state index contributed by atoms with van der Waals surface area (Å²) in [7, 11) is 0. The zero-order chi connectivity index (χ0) is 28.0. The van der Waals surface area contributed by atoms with E-state index in [-0.39, 0.29) is 29.4 Å². The topological polar surface area (TPSA) is 52.6 Å². The zero-order valence-electron chi connectivity index (χ0n) is 24.8. The summed E-state index contributed by atoms with van der Waals surface area (Å²) < 4.78 is 11.5. The van der Waals surface area contributed by atoms with Crippen LogP contribution in [-0.2, 0) is 19.7 Å². The van der Waals surface area contributed by atoms with Crippen LogP contribution in [0.1, 0.15) is 104 Å². The second kappa shape index (κ2) is 12.8. The molecular formula is C33H48O4. The highest BCUT2D eigenvalue weighted by atomic mass is 16.5. The van der Waals surface area contributed by atoms with Crippen molar-refractivity contribution in [2.45, 2.75) is 113 Å². The lowest BCUT2D eigenvalue weighted by molar-refractivity contribution is -0.157. The second-order valence-electron chi connectivity index (χ2n) is 11.5. The SMILES string of the molecule is CCC(C)OC(=O)C(CC)CC(C)(CC)C(=O)Oc1ccc(-c2ccc(C(C)(C)CC)c(C)c2)cc1C. The molecule has 0 saturated heterocycles. The Bertz CT molecular complexity index is 1080. The highest BCUT2D eigenvalue weighted by Crippen LogP contribution is 2.36. The van der Waals surface area contributed by atoms with E-state index in [1.165, 1.54) is 11.1 Å². The molecule has 0 amide bonds. The molecule has 2 rings (SSSR count). The van der Waals surface area contributed by atoms with Gasteiger partial charge in [-0.25, -0.2) is 0 Å². The molecule has 0 fully saturated rings. The van der Waals surface area contributed by atoms with Crippen molar-refractivity contribution >= 4 is 11.9 Å². The van der Waals surface area contributed by atoms with Crippen molar-refractivity contribution < 1.29 is 19.1 Å². The average Bonchev–Trinajstić information content (AvgIpc) is 2.87. The van der Waals surface area contributed by atoms with Crippen LogP contribution in [-0.4, -0.2) is 18.0 Å². The first-order valence-electron chi connectivity index (χ1n) is 14.0. The number of aryl methyl sites for hydroxylation is 2. The van der Waals surface area contributed by atoms with Gasteiger partial charge in [0.25, 0.3) is 0 Å². The van der Waals surface area contributed by atoms with Gasteiger partial charge >= 0.3 is 11.9 Å². The minimum absolute atomic E-state index is 0.124. The minimum Gasteiger partial charge on any atom is -0.462 e. The van der Waals surface area contributed by atoms with Gasteiger partial charge in [0.15, 0.2) is 0 Å². The average molecular weight is 509 g/mol. The van der Waals surface area contributed by atoms with Crippen molar-refractivity contribution in [3.63, 3.8) is 0 Å². The Morgan fingerprint density at radius 2 is 1.43 bits per heavy atom. The molecule has 4 nitrogen and oxygen atoms in total. The van der Waals surface area contributed by atoms with Gasteiger partial charge in [-0.05, 0) is 105 Å². The largest absolute Gasteiger partial charge is 0.462 e. The Balaban J connectivity index is 2.22. The highest BCUT2D eigenvalue weighted by molar-refractivity contribution is 5.81. The van der Waals surface area contributed by atoms with Gasteiger partial charge in [0.1, 0.15) is 5.75 Å². The zero-order valence-corrected chi connectivity index (χ0v) is 24.8. The second-order valence-corrected chi connectivity index (χ2v) is 11.5. The molecule has 2 aromatic rings. The molecule has 0 N–H and O–H groups in total. The van der Waals surface area contributed by atoms with Gasteiger partial charge in [-0.15, -0.1) is 0 Å². The van der Waals surface area contributed by atoms with Crippen molar-refractivity contribution in [3.8, 4) is 16.9 Å². The summed E-state index contributed by atoms with van der Waals surface area (Å²) in [6.07, 6.45) is 3.34. The van der Waals surface area contributed by atoms with Crippen LogP contribution in [0.4, 0.5) is 0 Å². The third-order valence-electron chi connectivity index (χ3n) is 8.24. The van der Waals surface area contributed by atoms with Crippen molar-refractivity contribution in [2.24, 2.45) is 11.3 Å². The van der Waals surface area contributed by atoms with E-state index in [9.17, 15) is 9.59 Å². The van der Waals surface area contributed by atoms with Gasteiger partial charge in [0.05, 0.1) is 17.4 Å². The number of rotatable bonds is 12. The number of carbonyl (C=O) groups excluding carboxylic acids is 2. The van der Waals surface area contributed by atoms with E-state index in [0.717, 1.165) is 29.5 Å². The van der Waals surface area contributed by atoms with Crippen LogP contribution in [0, 0.1) is 25.2 Å². The van der Waals surface area contributed by atoms with E-state index < -0.39 is 5.41 Å². The van der Waals surface area contributed by atoms with E-state index in [2.05, 4.69) is 52.0 Å². The maximum absolute atomic E-state index is 13.4. The van der Waals surface area contributed by atoms with Crippen molar-refractivity contribution in [1.82, 2.24) is 0 Å². The number of benzene rings is 2. The third kappa shape index (κ3) is 7.46. The van der Waals surface area contributed by atoms with Crippen molar-refractivity contribution in [2.75, 3.05) is 0 Å². The number of esters is 2. The summed E-state index contributed by atoms with van der Waals surface area (Å²) in [5.74, 6) is -0.306. The summed E-state index contributed by atoms with van der Waals surface area (Å²) in [4.78, 5) is 26.0. The summed E-state index contributed by atoms with van der Waals surface area (Å²) in [6, 6.07) is 12.6. The normalized spacial score (nSPS) is 15.0. The molecule has 0 heterocycles. The summed E-state index contributed by atoms with van der Waals surface area (Å²) >= 11 is 0. The number of hydrogen-bond acceptors (Lipinski definition) is 4. The Labute approximate surface area is 225 Å². The lowest BCUT2D eigenvalue weighted by Crippen LogP contribution is -2.36. The molecule has 0 saturated carbocycles. The molecular weight excluding hydrogens is 460 g/mol. The van der Waals surface area contributed by atoms with E-state index in [4.69, 9.17) is 9.47 Å². The fourth-order valence-corrected chi connectivity index (χ4v) is 4.65. The third-order valence-corrected chi connectivity index (χ3v) is 8.24. The molecule has 0 bridgehead atoms. The number of hydrogen-bond donors (Lipinski definition) is 0. The van der Waals surface area contributed by atoms with Crippen LogP contribution >= 0.6 is 0 Å². The molecule has 37 heavy (non-hydrogen) atoms. The lowest BCUT2D eigenvalue weighted by atomic mass is 9.78. The maximum atomic E-state index is 13.4. The van der Waals surface area contributed by atoms with Crippen LogP contribution in [0.5, 0.6) is 5.75 Å². The predicted molar refractivity (Wildman–Crippen MR) is 153 cm³/mol. The monoisotopic (exact) mass is 508 g/mol. The molecule has 3 unspecified atom stereocenters. The van der Waals surface area contributed by atoms with Crippen LogP contribution in [0.25, 0.3) is 11.1 Å². The highest BCUT2D eigenvalue weighted by Gasteiger charge is 2.38. The van der Waals surface area contributed by atoms with Gasteiger partial charge in [-0.1, -0.05) is 65.8 Å². The van der Waals surface area contributed by atoms with Crippen molar-refractivity contribution in [1.29, 1.82) is 0 Å². The first-order valence-corrected chi connectivity index (χ1v) is 14.0. The molecule has 3 atom stereocenters. The maximum Gasteiger partial charge on any atom is 0.317 e. The van der Waals surface area contributed by atoms with E-state index in [1.807, 2.05) is 53.7 Å². The molecule has 0 aromatic heterocycles. The van der Waals surface area contributed by atoms with E-state index in [0.29, 0.717) is 25.0 Å². The fourth-order valence-electron chi connectivity index (χ4n) is 4.65. The van der Waals surface area contributed by atoms with Gasteiger partial charge in [0, 0.05) is 0 Å². The molecule has 204 valence electrons.